The van der Waals surface area contributed by atoms with Crippen LogP contribution < -0.4 is 0 Å². The Morgan fingerprint density at radius 3 is 2.91 bits per heavy atom. The van der Waals surface area contributed by atoms with Gasteiger partial charge in [0.05, 0.1) is 5.56 Å². The second-order valence-corrected chi connectivity index (χ2v) is 5.99. The standard InChI is InChI=1S/C15H16ClFN4O2/c1-9-18-14(23-19-9)13-8-21(6-5-20(13)2)15(22)11-7-10(16)3-4-12(11)17/h3-4,7,13H,5-6,8H2,1-2H3/t13-/m0/s1. The molecule has 0 bridgehead atoms. The number of halogens is 2. The summed E-state index contributed by atoms with van der Waals surface area (Å²) in [6.07, 6.45) is 0. The Bertz CT molecular complexity index is 736. The van der Waals surface area contributed by atoms with Gasteiger partial charge in [-0.1, -0.05) is 16.8 Å². The average molecular weight is 339 g/mol. The second kappa shape index (κ2) is 6.25. The van der Waals surface area contributed by atoms with Crippen LogP contribution in [0.5, 0.6) is 0 Å². The van der Waals surface area contributed by atoms with Gasteiger partial charge in [0.2, 0.25) is 5.89 Å². The van der Waals surface area contributed by atoms with Gasteiger partial charge in [-0.15, -0.1) is 0 Å². The van der Waals surface area contributed by atoms with Crippen molar-refractivity contribution in [2.45, 2.75) is 13.0 Å². The van der Waals surface area contributed by atoms with E-state index in [1.54, 1.807) is 11.8 Å². The van der Waals surface area contributed by atoms with Crippen LogP contribution in [0.4, 0.5) is 4.39 Å². The molecule has 1 aliphatic heterocycles. The minimum absolute atomic E-state index is 0.0255. The summed E-state index contributed by atoms with van der Waals surface area (Å²) in [5, 5.41) is 4.11. The number of likely N-dealkylation sites (N-methyl/N-ethyl adjacent to an activating group) is 1. The van der Waals surface area contributed by atoms with Gasteiger partial charge in [-0.25, -0.2) is 4.39 Å². The number of carbonyl (C=O) groups excluding carboxylic acids is 1. The number of piperazine rings is 1. The first kappa shape index (κ1) is 15.9. The number of aromatic nitrogens is 2. The average Bonchev–Trinajstić information content (AvgIpc) is 2.96. The lowest BCUT2D eigenvalue weighted by Crippen LogP contribution is -2.49. The summed E-state index contributed by atoms with van der Waals surface area (Å²) < 4.78 is 19.1. The number of benzene rings is 1. The fraction of sp³-hybridized carbons (Fsp3) is 0.400. The van der Waals surface area contributed by atoms with Gasteiger partial charge in [0.15, 0.2) is 5.82 Å². The molecule has 23 heavy (non-hydrogen) atoms. The quantitative estimate of drug-likeness (QED) is 0.840. The number of rotatable bonds is 2. The van der Waals surface area contributed by atoms with E-state index >= 15 is 0 Å². The van der Waals surface area contributed by atoms with E-state index in [1.165, 1.54) is 18.2 Å². The van der Waals surface area contributed by atoms with E-state index in [1.807, 2.05) is 11.9 Å². The SMILES string of the molecule is Cc1noc([C@@H]2CN(C(=O)c3cc(Cl)ccc3F)CCN2C)n1. The maximum atomic E-state index is 13.9. The summed E-state index contributed by atoms with van der Waals surface area (Å²) >= 11 is 5.87. The molecule has 122 valence electrons. The molecule has 1 atom stereocenters. The van der Waals surface area contributed by atoms with Crippen LogP contribution in [-0.4, -0.2) is 52.5 Å². The van der Waals surface area contributed by atoms with Crippen LogP contribution in [0.2, 0.25) is 5.02 Å². The molecular weight excluding hydrogens is 323 g/mol. The molecule has 1 aliphatic rings. The lowest BCUT2D eigenvalue weighted by atomic mass is 10.1. The van der Waals surface area contributed by atoms with Crippen molar-refractivity contribution >= 4 is 17.5 Å². The van der Waals surface area contributed by atoms with Crippen molar-refractivity contribution in [1.29, 1.82) is 0 Å². The Labute approximate surface area is 137 Å². The normalized spacial score (nSPS) is 19.1. The summed E-state index contributed by atoms with van der Waals surface area (Å²) in [4.78, 5) is 20.4. The highest BCUT2D eigenvalue weighted by molar-refractivity contribution is 6.31. The predicted molar refractivity (Wildman–Crippen MR) is 81.7 cm³/mol. The van der Waals surface area contributed by atoms with E-state index in [2.05, 4.69) is 10.1 Å². The van der Waals surface area contributed by atoms with Gasteiger partial charge in [-0.2, -0.15) is 4.98 Å². The summed E-state index contributed by atoms with van der Waals surface area (Å²) in [6, 6.07) is 3.76. The third kappa shape index (κ3) is 3.20. The molecule has 1 aromatic carbocycles. The Balaban J connectivity index is 1.83. The minimum atomic E-state index is -0.580. The van der Waals surface area contributed by atoms with Gasteiger partial charge in [0, 0.05) is 24.7 Å². The molecule has 0 unspecified atom stereocenters. The van der Waals surface area contributed by atoms with Crippen molar-refractivity contribution in [3.63, 3.8) is 0 Å². The minimum Gasteiger partial charge on any atom is -0.338 e. The van der Waals surface area contributed by atoms with Gasteiger partial charge in [-0.05, 0) is 32.2 Å². The van der Waals surface area contributed by atoms with Crippen molar-refractivity contribution in [1.82, 2.24) is 19.9 Å². The molecule has 8 heteroatoms. The maximum Gasteiger partial charge on any atom is 0.256 e. The van der Waals surface area contributed by atoms with E-state index in [9.17, 15) is 9.18 Å². The van der Waals surface area contributed by atoms with Crippen LogP contribution in [0.25, 0.3) is 0 Å². The zero-order valence-corrected chi connectivity index (χ0v) is 13.5. The molecule has 1 fully saturated rings. The third-order valence-corrected chi connectivity index (χ3v) is 4.16. The van der Waals surface area contributed by atoms with Crippen LogP contribution >= 0.6 is 11.6 Å². The highest BCUT2D eigenvalue weighted by Gasteiger charge is 2.33. The van der Waals surface area contributed by atoms with Crippen molar-refractivity contribution in [3.05, 3.63) is 46.3 Å². The van der Waals surface area contributed by atoms with Crippen molar-refractivity contribution < 1.29 is 13.7 Å². The topological polar surface area (TPSA) is 62.5 Å². The van der Waals surface area contributed by atoms with E-state index in [0.717, 1.165) is 0 Å². The van der Waals surface area contributed by atoms with Gasteiger partial charge in [-0.3, -0.25) is 9.69 Å². The first-order valence-corrected chi connectivity index (χ1v) is 7.58. The fourth-order valence-electron chi connectivity index (χ4n) is 2.60. The summed E-state index contributed by atoms with van der Waals surface area (Å²) in [5.74, 6) is 0.0228. The molecule has 0 spiro atoms. The third-order valence-electron chi connectivity index (χ3n) is 3.92. The number of hydrogen-bond acceptors (Lipinski definition) is 5. The molecule has 2 aromatic rings. The van der Waals surface area contributed by atoms with Crippen LogP contribution in [0.15, 0.2) is 22.7 Å². The summed E-state index contributed by atoms with van der Waals surface area (Å²) in [6.45, 7) is 3.20. The van der Waals surface area contributed by atoms with Gasteiger partial charge >= 0.3 is 0 Å². The first-order valence-electron chi connectivity index (χ1n) is 7.20. The Kier molecular flexibility index (Phi) is 4.32. The van der Waals surface area contributed by atoms with Crippen molar-refractivity contribution in [2.75, 3.05) is 26.7 Å². The van der Waals surface area contributed by atoms with E-state index in [0.29, 0.717) is 36.4 Å². The largest absolute Gasteiger partial charge is 0.338 e. The molecule has 1 aromatic heterocycles. The zero-order chi connectivity index (χ0) is 16.6. The Morgan fingerprint density at radius 1 is 1.43 bits per heavy atom. The molecule has 0 saturated carbocycles. The molecule has 6 nitrogen and oxygen atoms in total. The van der Waals surface area contributed by atoms with E-state index < -0.39 is 5.82 Å². The lowest BCUT2D eigenvalue weighted by molar-refractivity contribution is 0.0485. The number of hydrogen-bond donors (Lipinski definition) is 0. The monoisotopic (exact) mass is 338 g/mol. The highest BCUT2D eigenvalue weighted by atomic mass is 35.5. The molecule has 1 saturated heterocycles. The summed E-state index contributed by atoms with van der Waals surface area (Å²) in [7, 11) is 1.92. The number of carbonyl (C=O) groups is 1. The molecule has 2 heterocycles. The van der Waals surface area contributed by atoms with Crippen molar-refractivity contribution in [3.8, 4) is 0 Å². The predicted octanol–water partition coefficient (Wildman–Crippen LogP) is 2.30. The molecule has 0 radical (unpaired) electrons. The maximum absolute atomic E-state index is 13.9. The van der Waals surface area contributed by atoms with E-state index in [4.69, 9.17) is 16.1 Å². The lowest BCUT2D eigenvalue weighted by Gasteiger charge is -2.37. The van der Waals surface area contributed by atoms with Crippen LogP contribution in [0, 0.1) is 12.7 Å². The van der Waals surface area contributed by atoms with Crippen LogP contribution in [-0.2, 0) is 0 Å². The van der Waals surface area contributed by atoms with Crippen LogP contribution in [0.3, 0.4) is 0 Å². The van der Waals surface area contributed by atoms with Crippen molar-refractivity contribution in [2.24, 2.45) is 0 Å². The smallest absolute Gasteiger partial charge is 0.256 e. The summed E-state index contributed by atoms with van der Waals surface area (Å²) in [5.41, 5.74) is -0.0255. The molecular formula is C15H16ClFN4O2. The van der Waals surface area contributed by atoms with Gasteiger partial charge < -0.3 is 9.42 Å². The fourth-order valence-corrected chi connectivity index (χ4v) is 2.78. The highest BCUT2D eigenvalue weighted by Crippen LogP contribution is 2.25. The molecule has 1 amide bonds. The Hall–Kier alpha value is -1.99. The van der Waals surface area contributed by atoms with E-state index in [-0.39, 0.29) is 17.5 Å². The number of amides is 1. The van der Waals surface area contributed by atoms with Gasteiger partial charge in [0.25, 0.3) is 5.91 Å². The number of nitrogens with zero attached hydrogens (tertiary/aromatic N) is 4. The number of aryl methyl sites for hydroxylation is 1. The van der Waals surface area contributed by atoms with Gasteiger partial charge in [0.1, 0.15) is 11.9 Å². The molecule has 3 rings (SSSR count). The first-order chi connectivity index (χ1) is 11.0. The Morgan fingerprint density at radius 2 is 2.22 bits per heavy atom. The second-order valence-electron chi connectivity index (χ2n) is 5.55. The molecule has 0 N–H and O–H groups in total. The zero-order valence-electron chi connectivity index (χ0n) is 12.8. The van der Waals surface area contributed by atoms with Crippen LogP contribution in [0.1, 0.15) is 28.1 Å². The molecule has 0 aliphatic carbocycles.